The highest BCUT2D eigenvalue weighted by Gasteiger charge is 2.23. The molecular formula is C12H21NO2S2. The SMILES string of the molecule is CCCCc1csc(S(N)(=O)=O)c1C(C)CC. The summed E-state index contributed by atoms with van der Waals surface area (Å²) >= 11 is 1.26. The molecule has 17 heavy (non-hydrogen) atoms. The summed E-state index contributed by atoms with van der Waals surface area (Å²) in [5.74, 6) is 0.251. The number of unbranched alkanes of at least 4 members (excludes halogenated alkanes) is 1. The van der Waals surface area contributed by atoms with Gasteiger partial charge in [0.25, 0.3) is 0 Å². The van der Waals surface area contributed by atoms with Crippen molar-refractivity contribution in [1.82, 2.24) is 0 Å². The van der Waals surface area contributed by atoms with Crippen molar-refractivity contribution in [3.05, 3.63) is 16.5 Å². The van der Waals surface area contributed by atoms with Crippen molar-refractivity contribution in [2.24, 2.45) is 5.14 Å². The third-order valence-electron chi connectivity index (χ3n) is 3.04. The minimum atomic E-state index is -3.57. The molecule has 1 atom stereocenters. The summed E-state index contributed by atoms with van der Waals surface area (Å²) in [6.07, 6.45) is 4.07. The van der Waals surface area contributed by atoms with Crippen molar-refractivity contribution in [3.8, 4) is 0 Å². The molecule has 1 unspecified atom stereocenters. The van der Waals surface area contributed by atoms with Gasteiger partial charge in [0.1, 0.15) is 4.21 Å². The van der Waals surface area contributed by atoms with Crippen LogP contribution in [-0.2, 0) is 16.4 Å². The molecule has 2 N–H and O–H groups in total. The quantitative estimate of drug-likeness (QED) is 0.866. The molecular weight excluding hydrogens is 254 g/mol. The summed E-state index contributed by atoms with van der Waals surface area (Å²) in [4.78, 5) is 0. The zero-order chi connectivity index (χ0) is 13.1. The minimum Gasteiger partial charge on any atom is -0.224 e. The number of primary sulfonamides is 1. The Morgan fingerprint density at radius 2 is 2.06 bits per heavy atom. The van der Waals surface area contributed by atoms with Gasteiger partial charge in [-0.25, -0.2) is 13.6 Å². The van der Waals surface area contributed by atoms with Crippen LogP contribution in [0.25, 0.3) is 0 Å². The largest absolute Gasteiger partial charge is 0.247 e. The van der Waals surface area contributed by atoms with Crippen LogP contribution in [0.2, 0.25) is 0 Å². The number of rotatable bonds is 6. The second-order valence-corrected chi connectivity index (χ2v) is 7.06. The van der Waals surface area contributed by atoms with Crippen molar-refractivity contribution < 1.29 is 8.42 Å². The lowest BCUT2D eigenvalue weighted by molar-refractivity contribution is 0.596. The Morgan fingerprint density at radius 3 is 2.53 bits per heavy atom. The number of hydrogen-bond acceptors (Lipinski definition) is 3. The van der Waals surface area contributed by atoms with Gasteiger partial charge in [-0.2, -0.15) is 0 Å². The Labute approximate surface area is 108 Å². The van der Waals surface area contributed by atoms with Gasteiger partial charge in [-0.15, -0.1) is 11.3 Å². The van der Waals surface area contributed by atoms with Crippen LogP contribution in [0.5, 0.6) is 0 Å². The van der Waals surface area contributed by atoms with Gasteiger partial charge < -0.3 is 0 Å². The Bertz CT molecular complexity index is 463. The maximum Gasteiger partial charge on any atom is 0.247 e. The third-order valence-corrected chi connectivity index (χ3v) is 5.60. The van der Waals surface area contributed by atoms with E-state index in [4.69, 9.17) is 5.14 Å². The zero-order valence-electron chi connectivity index (χ0n) is 10.7. The van der Waals surface area contributed by atoms with Crippen molar-refractivity contribution in [2.75, 3.05) is 0 Å². The second kappa shape index (κ2) is 5.98. The maximum absolute atomic E-state index is 11.5. The molecule has 0 aliphatic carbocycles. The van der Waals surface area contributed by atoms with E-state index in [2.05, 4.69) is 20.8 Å². The number of sulfonamides is 1. The minimum absolute atomic E-state index is 0.251. The van der Waals surface area contributed by atoms with Crippen LogP contribution in [0.15, 0.2) is 9.59 Å². The standard InChI is InChI=1S/C12H21NO2S2/c1-4-6-7-10-8-16-12(17(13,14)15)11(10)9(3)5-2/h8-9H,4-7H2,1-3H3,(H2,13,14,15). The molecule has 0 amide bonds. The molecule has 1 rings (SSSR count). The Balaban J connectivity index is 3.20. The predicted octanol–water partition coefficient (Wildman–Crippen LogP) is 3.25. The molecule has 1 aromatic heterocycles. The molecule has 0 fully saturated rings. The van der Waals surface area contributed by atoms with E-state index in [0.29, 0.717) is 4.21 Å². The fourth-order valence-electron chi connectivity index (χ4n) is 1.89. The van der Waals surface area contributed by atoms with E-state index in [1.165, 1.54) is 11.3 Å². The normalized spacial score (nSPS) is 13.9. The number of aryl methyl sites for hydroxylation is 1. The van der Waals surface area contributed by atoms with Crippen LogP contribution < -0.4 is 5.14 Å². The number of nitrogens with two attached hydrogens (primary N) is 1. The van der Waals surface area contributed by atoms with E-state index in [-0.39, 0.29) is 5.92 Å². The van der Waals surface area contributed by atoms with Crippen LogP contribution in [0.4, 0.5) is 0 Å². The van der Waals surface area contributed by atoms with E-state index in [1.807, 2.05) is 5.38 Å². The van der Waals surface area contributed by atoms with Gasteiger partial charge in [0.15, 0.2) is 0 Å². The first kappa shape index (κ1) is 14.7. The zero-order valence-corrected chi connectivity index (χ0v) is 12.3. The summed E-state index contributed by atoms with van der Waals surface area (Å²) in [5.41, 5.74) is 2.11. The third kappa shape index (κ3) is 3.53. The van der Waals surface area contributed by atoms with Crippen molar-refractivity contribution in [1.29, 1.82) is 0 Å². The average Bonchev–Trinajstić information content (AvgIpc) is 2.68. The first-order valence-electron chi connectivity index (χ1n) is 6.04. The lowest BCUT2D eigenvalue weighted by Gasteiger charge is -2.12. The first-order chi connectivity index (χ1) is 7.91. The smallest absolute Gasteiger partial charge is 0.224 e. The summed E-state index contributed by atoms with van der Waals surface area (Å²) < 4.78 is 23.5. The van der Waals surface area contributed by atoms with Crippen LogP contribution in [0, 0.1) is 0 Å². The predicted molar refractivity (Wildman–Crippen MR) is 73.0 cm³/mol. The molecule has 98 valence electrons. The summed E-state index contributed by atoms with van der Waals surface area (Å²) in [6.45, 7) is 6.26. The molecule has 0 aromatic carbocycles. The molecule has 0 aliphatic rings. The Morgan fingerprint density at radius 1 is 1.41 bits per heavy atom. The summed E-state index contributed by atoms with van der Waals surface area (Å²) in [5, 5.41) is 7.23. The highest BCUT2D eigenvalue weighted by Crippen LogP contribution is 2.34. The van der Waals surface area contributed by atoms with Crippen LogP contribution in [0.3, 0.4) is 0 Å². The summed E-state index contributed by atoms with van der Waals surface area (Å²) in [7, 11) is -3.57. The van der Waals surface area contributed by atoms with Crippen molar-refractivity contribution in [2.45, 2.75) is 56.6 Å². The highest BCUT2D eigenvalue weighted by atomic mass is 32.2. The molecule has 0 saturated heterocycles. The Kier molecular flexibility index (Phi) is 5.16. The molecule has 0 bridgehead atoms. The molecule has 1 aromatic rings. The van der Waals surface area contributed by atoms with E-state index < -0.39 is 10.0 Å². The first-order valence-corrected chi connectivity index (χ1v) is 8.47. The van der Waals surface area contributed by atoms with Gasteiger partial charge in [-0.05, 0) is 41.7 Å². The molecule has 0 saturated carbocycles. The highest BCUT2D eigenvalue weighted by molar-refractivity contribution is 7.91. The second-order valence-electron chi connectivity index (χ2n) is 4.42. The van der Waals surface area contributed by atoms with Crippen molar-refractivity contribution >= 4 is 21.4 Å². The number of hydrogen-bond donors (Lipinski definition) is 1. The number of thiophene rings is 1. The molecule has 0 aliphatic heterocycles. The lowest BCUT2D eigenvalue weighted by atomic mass is 9.95. The van der Waals surface area contributed by atoms with E-state index in [1.54, 1.807) is 0 Å². The topological polar surface area (TPSA) is 60.2 Å². The van der Waals surface area contributed by atoms with Crippen LogP contribution in [-0.4, -0.2) is 8.42 Å². The van der Waals surface area contributed by atoms with Gasteiger partial charge in [0.05, 0.1) is 0 Å². The average molecular weight is 275 g/mol. The molecule has 0 spiro atoms. The van der Waals surface area contributed by atoms with Gasteiger partial charge in [0.2, 0.25) is 10.0 Å². The van der Waals surface area contributed by atoms with Gasteiger partial charge >= 0.3 is 0 Å². The van der Waals surface area contributed by atoms with Gasteiger partial charge in [-0.3, -0.25) is 0 Å². The van der Waals surface area contributed by atoms with Crippen molar-refractivity contribution in [3.63, 3.8) is 0 Å². The molecule has 1 heterocycles. The maximum atomic E-state index is 11.5. The van der Waals surface area contributed by atoms with Crippen LogP contribution in [0.1, 0.15) is 57.1 Å². The fourth-order valence-corrected chi connectivity index (χ4v) is 4.16. The van der Waals surface area contributed by atoms with Gasteiger partial charge in [0, 0.05) is 0 Å². The van der Waals surface area contributed by atoms with E-state index in [9.17, 15) is 8.42 Å². The van der Waals surface area contributed by atoms with Crippen LogP contribution >= 0.6 is 11.3 Å². The molecule has 0 radical (unpaired) electrons. The van der Waals surface area contributed by atoms with E-state index >= 15 is 0 Å². The van der Waals surface area contributed by atoms with E-state index in [0.717, 1.165) is 36.8 Å². The molecule has 5 heteroatoms. The Hall–Kier alpha value is -0.390. The monoisotopic (exact) mass is 275 g/mol. The van der Waals surface area contributed by atoms with Gasteiger partial charge in [-0.1, -0.05) is 27.2 Å². The fraction of sp³-hybridized carbons (Fsp3) is 0.667. The molecule has 3 nitrogen and oxygen atoms in total. The summed E-state index contributed by atoms with van der Waals surface area (Å²) in [6, 6.07) is 0. The lowest BCUT2D eigenvalue weighted by Crippen LogP contribution is -2.14.